The maximum Gasteiger partial charge on any atom is 0.163 e. The van der Waals surface area contributed by atoms with Crippen LogP contribution in [0, 0.1) is 41.4 Å². The lowest BCUT2D eigenvalue weighted by Crippen LogP contribution is -2.14. The summed E-state index contributed by atoms with van der Waals surface area (Å²) >= 11 is 0. The lowest BCUT2D eigenvalue weighted by atomic mass is 9.87. The highest BCUT2D eigenvalue weighted by molar-refractivity contribution is 5.96. The van der Waals surface area contributed by atoms with Crippen molar-refractivity contribution in [2.75, 3.05) is 0 Å². The number of aryl methyl sites for hydroxylation is 1. The zero-order valence-corrected chi connectivity index (χ0v) is 13.5. The molecule has 2 aromatic carbocycles. The van der Waals surface area contributed by atoms with Gasteiger partial charge in [-0.15, -0.1) is 0 Å². The molecule has 0 aliphatic carbocycles. The van der Waals surface area contributed by atoms with Crippen LogP contribution in [0.5, 0.6) is 0 Å². The first-order valence-corrected chi connectivity index (χ1v) is 7.76. The molecule has 0 unspecified atom stereocenters. The number of hydrogen-bond donors (Lipinski definition) is 0. The fourth-order valence-corrected chi connectivity index (χ4v) is 2.39. The zero-order valence-electron chi connectivity index (χ0n) is 13.5. The van der Waals surface area contributed by atoms with E-state index in [4.69, 9.17) is 0 Å². The van der Waals surface area contributed by atoms with Gasteiger partial charge in [0, 0.05) is 17.9 Å². The first kappa shape index (κ1) is 17.2. The molecule has 2 aromatic rings. The third kappa shape index (κ3) is 4.66. The number of benzene rings is 2. The van der Waals surface area contributed by atoms with E-state index in [1.807, 2.05) is 67.6 Å². The van der Waals surface area contributed by atoms with Crippen molar-refractivity contribution in [3.05, 3.63) is 77.4 Å². The van der Waals surface area contributed by atoms with Crippen LogP contribution in [0.3, 0.4) is 0 Å². The first-order chi connectivity index (χ1) is 11.6. The second kappa shape index (κ2) is 8.46. The Hall–Kier alpha value is -3.17. The maximum absolute atomic E-state index is 12.5. The van der Waals surface area contributed by atoms with Crippen molar-refractivity contribution < 1.29 is 4.79 Å². The zero-order chi connectivity index (χ0) is 17.4. The van der Waals surface area contributed by atoms with E-state index in [0.717, 1.165) is 11.1 Å². The van der Waals surface area contributed by atoms with E-state index in [2.05, 4.69) is 0 Å². The molecule has 0 N–H and O–H groups in total. The van der Waals surface area contributed by atoms with Crippen molar-refractivity contribution in [2.24, 2.45) is 11.8 Å². The Kier molecular flexibility index (Phi) is 6.06. The van der Waals surface area contributed by atoms with Crippen LogP contribution in [0.4, 0.5) is 0 Å². The topological polar surface area (TPSA) is 64.7 Å². The fourth-order valence-electron chi connectivity index (χ4n) is 2.39. The molecule has 0 aliphatic rings. The van der Waals surface area contributed by atoms with Crippen LogP contribution in [0.1, 0.15) is 27.9 Å². The molecule has 0 spiro atoms. The van der Waals surface area contributed by atoms with E-state index >= 15 is 0 Å². The minimum absolute atomic E-state index is 0.0618. The van der Waals surface area contributed by atoms with Crippen molar-refractivity contribution in [1.82, 2.24) is 0 Å². The van der Waals surface area contributed by atoms with Gasteiger partial charge in [-0.2, -0.15) is 10.5 Å². The summed E-state index contributed by atoms with van der Waals surface area (Å²) < 4.78 is 0. The predicted octanol–water partition coefficient (Wildman–Crippen LogP) is 4.56. The monoisotopic (exact) mass is 314 g/mol. The number of allylic oxidation sites excluding steroid dienone is 1. The van der Waals surface area contributed by atoms with Gasteiger partial charge >= 0.3 is 0 Å². The Morgan fingerprint density at radius 1 is 1.04 bits per heavy atom. The van der Waals surface area contributed by atoms with Crippen molar-refractivity contribution in [2.45, 2.75) is 13.3 Å². The summed E-state index contributed by atoms with van der Waals surface area (Å²) in [6, 6.07) is 20.9. The van der Waals surface area contributed by atoms with Crippen molar-refractivity contribution in [1.29, 1.82) is 10.5 Å². The molecule has 3 nitrogen and oxygen atoms in total. The summed E-state index contributed by atoms with van der Waals surface area (Å²) in [5.41, 5.74) is 2.66. The highest BCUT2D eigenvalue weighted by Gasteiger charge is 2.22. The van der Waals surface area contributed by atoms with E-state index < -0.39 is 11.8 Å². The molecule has 0 fully saturated rings. The molecular formula is C21H18N2O. The second-order valence-corrected chi connectivity index (χ2v) is 5.66. The Morgan fingerprint density at radius 2 is 1.67 bits per heavy atom. The molecule has 0 saturated carbocycles. The molecule has 0 aliphatic heterocycles. The third-order valence-corrected chi connectivity index (χ3v) is 3.84. The number of carbonyl (C=O) groups is 1. The van der Waals surface area contributed by atoms with Gasteiger partial charge in [0.1, 0.15) is 5.92 Å². The molecule has 118 valence electrons. The Morgan fingerprint density at radius 3 is 2.25 bits per heavy atom. The number of hydrogen-bond acceptors (Lipinski definition) is 3. The molecule has 0 aromatic heterocycles. The quantitative estimate of drug-likeness (QED) is 0.734. The molecule has 0 heterocycles. The van der Waals surface area contributed by atoms with Crippen LogP contribution >= 0.6 is 0 Å². The Balaban J connectivity index is 2.19. The molecule has 0 bridgehead atoms. The van der Waals surface area contributed by atoms with Gasteiger partial charge < -0.3 is 0 Å². The summed E-state index contributed by atoms with van der Waals surface area (Å²) in [5.74, 6) is -1.35. The Labute approximate surface area is 142 Å². The minimum atomic E-state index is -0.848. The van der Waals surface area contributed by atoms with E-state index in [1.54, 1.807) is 18.2 Å². The van der Waals surface area contributed by atoms with E-state index in [1.165, 1.54) is 0 Å². The molecule has 3 heteroatoms. The fraction of sp³-hybridized carbons (Fsp3) is 0.190. The van der Waals surface area contributed by atoms with Gasteiger partial charge in [0.2, 0.25) is 0 Å². The summed E-state index contributed by atoms with van der Waals surface area (Å²) in [7, 11) is 0. The van der Waals surface area contributed by atoms with Crippen molar-refractivity contribution >= 4 is 11.9 Å². The maximum atomic E-state index is 12.5. The lowest BCUT2D eigenvalue weighted by molar-refractivity contribution is 0.0966. The summed E-state index contributed by atoms with van der Waals surface area (Å²) in [4.78, 5) is 12.5. The molecule has 0 saturated heterocycles. The summed E-state index contributed by atoms with van der Waals surface area (Å²) in [6.07, 6.45) is 3.78. The molecule has 0 radical (unpaired) electrons. The van der Waals surface area contributed by atoms with Crippen molar-refractivity contribution in [3.63, 3.8) is 0 Å². The summed E-state index contributed by atoms with van der Waals surface area (Å²) in [5, 5.41) is 18.4. The average molecular weight is 314 g/mol. The second-order valence-electron chi connectivity index (χ2n) is 5.66. The number of rotatable bonds is 6. The number of ketones is 1. The molecular weight excluding hydrogens is 296 g/mol. The number of Topliss-reactive ketones (excluding diaryl/α,β-unsaturated/α-hetero) is 1. The Bertz CT molecular complexity index is 778. The van der Waals surface area contributed by atoms with Crippen LogP contribution in [0.2, 0.25) is 0 Å². The van der Waals surface area contributed by atoms with Gasteiger partial charge in [0.25, 0.3) is 0 Å². The van der Waals surface area contributed by atoms with E-state index in [-0.39, 0.29) is 12.2 Å². The van der Waals surface area contributed by atoms with Gasteiger partial charge in [-0.3, -0.25) is 4.79 Å². The van der Waals surface area contributed by atoms with E-state index in [0.29, 0.717) is 5.56 Å². The molecule has 2 rings (SSSR count). The van der Waals surface area contributed by atoms with Crippen LogP contribution in [0.15, 0.2) is 60.7 Å². The SMILES string of the molecule is Cc1ccc(C(=O)C[C@@H](/C=C/c2ccccc2)C(C#N)C#N)cc1. The van der Waals surface area contributed by atoms with Gasteiger partial charge in [0.05, 0.1) is 12.1 Å². The first-order valence-electron chi connectivity index (χ1n) is 7.76. The highest BCUT2D eigenvalue weighted by Crippen LogP contribution is 2.21. The molecule has 0 amide bonds. The van der Waals surface area contributed by atoms with Gasteiger partial charge in [-0.25, -0.2) is 0 Å². The normalized spacial score (nSPS) is 11.8. The number of nitrogens with zero attached hydrogens (tertiary/aromatic N) is 2. The number of nitriles is 2. The standard InChI is InChI=1S/C21H18N2O/c1-16-7-10-18(11-8-16)21(24)13-19(20(14-22)15-23)12-9-17-5-3-2-4-6-17/h2-12,19-20H,13H2,1H3/b12-9+/t19-/m1/s1. The number of carbonyl (C=O) groups excluding carboxylic acids is 1. The largest absolute Gasteiger partial charge is 0.294 e. The average Bonchev–Trinajstić information content (AvgIpc) is 2.61. The smallest absolute Gasteiger partial charge is 0.163 e. The lowest BCUT2D eigenvalue weighted by Gasteiger charge is -2.12. The van der Waals surface area contributed by atoms with Crippen LogP contribution in [-0.4, -0.2) is 5.78 Å². The third-order valence-electron chi connectivity index (χ3n) is 3.84. The van der Waals surface area contributed by atoms with Gasteiger partial charge in [-0.05, 0) is 12.5 Å². The van der Waals surface area contributed by atoms with E-state index in [9.17, 15) is 15.3 Å². The van der Waals surface area contributed by atoms with Gasteiger partial charge in [-0.1, -0.05) is 72.3 Å². The van der Waals surface area contributed by atoms with Crippen LogP contribution in [-0.2, 0) is 0 Å². The predicted molar refractivity (Wildman–Crippen MR) is 93.8 cm³/mol. The van der Waals surface area contributed by atoms with Crippen LogP contribution < -0.4 is 0 Å². The van der Waals surface area contributed by atoms with Crippen molar-refractivity contribution in [3.8, 4) is 12.1 Å². The summed E-state index contributed by atoms with van der Waals surface area (Å²) in [6.45, 7) is 1.96. The molecule has 1 atom stereocenters. The minimum Gasteiger partial charge on any atom is -0.294 e. The van der Waals surface area contributed by atoms with Crippen LogP contribution in [0.25, 0.3) is 6.08 Å². The molecule has 24 heavy (non-hydrogen) atoms. The van der Waals surface area contributed by atoms with Gasteiger partial charge in [0.15, 0.2) is 5.78 Å². The highest BCUT2D eigenvalue weighted by atomic mass is 16.1.